The van der Waals surface area contributed by atoms with E-state index in [1.807, 2.05) is 24.3 Å². The summed E-state index contributed by atoms with van der Waals surface area (Å²) in [6.07, 6.45) is 6.09. The van der Waals surface area contributed by atoms with Crippen LogP contribution >= 0.6 is 0 Å². The van der Waals surface area contributed by atoms with E-state index in [2.05, 4.69) is 51.2 Å². The number of rotatable bonds is 6. The van der Waals surface area contributed by atoms with E-state index >= 15 is 0 Å². The van der Waals surface area contributed by atoms with Crippen molar-refractivity contribution in [2.24, 2.45) is 5.92 Å². The Kier molecular flexibility index (Phi) is 7.52. The summed E-state index contributed by atoms with van der Waals surface area (Å²) in [6, 6.07) is 14.0. The number of nitrogens with one attached hydrogen (secondary N) is 1. The maximum atomic E-state index is 12.6. The summed E-state index contributed by atoms with van der Waals surface area (Å²) >= 11 is 0. The highest BCUT2D eigenvalue weighted by molar-refractivity contribution is 6.01. The highest BCUT2D eigenvalue weighted by atomic mass is 16.5. The van der Waals surface area contributed by atoms with Crippen molar-refractivity contribution in [3.05, 3.63) is 69.8 Å². The molecule has 2 aromatic carbocycles. The van der Waals surface area contributed by atoms with Gasteiger partial charge >= 0.3 is 0 Å². The summed E-state index contributed by atoms with van der Waals surface area (Å²) < 4.78 is 5.97. The van der Waals surface area contributed by atoms with Crippen LogP contribution in [-0.2, 0) is 11.4 Å². The summed E-state index contributed by atoms with van der Waals surface area (Å²) in [7, 11) is 0. The molecule has 0 heterocycles. The molecule has 3 rings (SSSR count). The molecule has 0 spiro atoms. The number of nitriles is 1. The number of aryl methyl sites for hydroxylation is 3. The van der Waals surface area contributed by atoms with Crippen LogP contribution in [0.2, 0.25) is 0 Å². The molecule has 162 valence electrons. The molecule has 1 fully saturated rings. The van der Waals surface area contributed by atoms with Crippen molar-refractivity contribution < 1.29 is 9.53 Å². The van der Waals surface area contributed by atoms with Crippen LogP contribution in [0.3, 0.4) is 0 Å². The molecule has 0 unspecified atom stereocenters. The van der Waals surface area contributed by atoms with E-state index in [1.54, 1.807) is 6.08 Å². The molecule has 0 aliphatic heterocycles. The van der Waals surface area contributed by atoms with Gasteiger partial charge in [0.05, 0.1) is 0 Å². The van der Waals surface area contributed by atoms with Crippen molar-refractivity contribution in [2.45, 2.75) is 66.0 Å². The first-order chi connectivity index (χ1) is 14.9. The monoisotopic (exact) mass is 416 g/mol. The fourth-order valence-electron chi connectivity index (χ4n) is 4.35. The molecule has 1 aliphatic rings. The first-order valence-electron chi connectivity index (χ1n) is 11.1. The summed E-state index contributed by atoms with van der Waals surface area (Å²) in [5.41, 5.74) is 5.86. The molecule has 0 saturated heterocycles. The second-order valence-electron chi connectivity index (χ2n) is 8.75. The number of benzene rings is 2. The summed E-state index contributed by atoms with van der Waals surface area (Å²) in [4.78, 5) is 12.6. The molecule has 2 atom stereocenters. The van der Waals surface area contributed by atoms with E-state index in [9.17, 15) is 10.1 Å². The van der Waals surface area contributed by atoms with E-state index in [1.165, 1.54) is 28.7 Å². The Morgan fingerprint density at radius 1 is 1.13 bits per heavy atom. The number of amides is 1. The fraction of sp³-hybridized carbons (Fsp3) is 0.407. The van der Waals surface area contributed by atoms with Gasteiger partial charge in [0.2, 0.25) is 0 Å². The predicted molar refractivity (Wildman–Crippen MR) is 125 cm³/mol. The van der Waals surface area contributed by atoms with Crippen molar-refractivity contribution in [2.75, 3.05) is 0 Å². The Labute approximate surface area is 185 Å². The minimum atomic E-state index is -0.285. The molecule has 1 N–H and O–H groups in total. The van der Waals surface area contributed by atoms with Crippen LogP contribution in [0.25, 0.3) is 6.08 Å². The Morgan fingerprint density at radius 2 is 1.77 bits per heavy atom. The van der Waals surface area contributed by atoms with E-state index < -0.39 is 0 Å². The van der Waals surface area contributed by atoms with Crippen LogP contribution in [-0.4, -0.2) is 11.9 Å². The van der Waals surface area contributed by atoms with Crippen LogP contribution in [0.5, 0.6) is 5.75 Å². The fourth-order valence-corrected chi connectivity index (χ4v) is 4.35. The number of nitrogens with zero attached hydrogens (tertiary/aromatic N) is 1. The van der Waals surface area contributed by atoms with Gasteiger partial charge in [-0.3, -0.25) is 4.79 Å². The Morgan fingerprint density at radius 3 is 2.39 bits per heavy atom. The van der Waals surface area contributed by atoms with Gasteiger partial charge in [0.1, 0.15) is 24.0 Å². The molecule has 1 aliphatic carbocycles. The zero-order valence-corrected chi connectivity index (χ0v) is 19.0. The Hall–Kier alpha value is -3.06. The van der Waals surface area contributed by atoms with Gasteiger partial charge < -0.3 is 10.1 Å². The van der Waals surface area contributed by atoms with Gasteiger partial charge in [0.25, 0.3) is 5.91 Å². The van der Waals surface area contributed by atoms with Gasteiger partial charge in [-0.2, -0.15) is 5.26 Å². The second-order valence-corrected chi connectivity index (χ2v) is 8.75. The van der Waals surface area contributed by atoms with E-state index in [0.29, 0.717) is 12.5 Å². The van der Waals surface area contributed by atoms with Gasteiger partial charge in [-0.05, 0) is 80.0 Å². The summed E-state index contributed by atoms with van der Waals surface area (Å²) in [5, 5.41) is 12.5. The van der Waals surface area contributed by atoms with Crippen LogP contribution in [0.4, 0.5) is 0 Å². The lowest BCUT2D eigenvalue weighted by Gasteiger charge is -2.29. The smallest absolute Gasteiger partial charge is 0.262 e. The maximum absolute atomic E-state index is 12.6. The lowest BCUT2D eigenvalue weighted by atomic mass is 9.86. The van der Waals surface area contributed by atoms with E-state index in [4.69, 9.17) is 4.74 Å². The van der Waals surface area contributed by atoms with Crippen molar-refractivity contribution in [3.8, 4) is 11.8 Å². The first kappa shape index (κ1) is 22.6. The molecule has 0 aromatic heterocycles. The molecule has 0 bridgehead atoms. The molecular formula is C27H32N2O2. The third-order valence-corrected chi connectivity index (χ3v) is 6.21. The molecule has 0 radical (unpaired) electrons. The standard InChI is InChI=1S/C27H32N2O2/c1-18-13-20(3)25(21(4)14-18)17-31-24-11-9-22(10-12-24)15-23(16-28)27(30)29-26-8-6-5-7-19(26)2/h9-15,19,26H,5-8,17H2,1-4H3,(H,29,30)/b23-15+/t19-,26+/m1/s1. The highest BCUT2D eigenvalue weighted by Gasteiger charge is 2.24. The van der Waals surface area contributed by atoms with Crippen molar-refractivity contribution in [1.82, 2.24) is 5.32 Å². The number of hydrogen-bond acceptors (Lipinski definition) is 3. The molecule has 1 amide bonds. The van der Waals surface area contributed by atoms with Gasteiger partial charge in [-0.1, -0.05) is 49.6 Å². The number of carbonyl (C=O) groups is 1. The maximum Gasteiger partial charge on any atom is 0.262 e. The topological polar surface area (TPSA) is 62.1 Å². The number of ether oxygens (including phenoxy) is 1. The van der Waals surface area contributed by atoms with Crippen molar-refractivity contribution >= 4 is 12.0 Å². The number of carbonyl (C=O) groups excluding carboxylic acids is 1. The van der Waals surface area contributed by atoms with Crippen LogP contribution in [0.1, 0.15) is 60.4 Å². The van der Waals surface area contributed by atoms with E-state index in [0.717, 1.165) is 30.6 Å². The predicted octanol–water partition coefficient (Wildman–Crippen LogP) is 5.79. The van der Waals surface area contributed by atoms with E-state index in [-0.39, 0.29) is 17.5 Å². The van der Waals surface area contributed by atoms with Crippen LogP contribution in [0.15, 0.2) is 42.0 Å². The molecule has 4 heteroatoms. The Balaban J connectivity index is 1.64. The van der Waals surface area contributed by atoms with Gasteiger partial charge in [0.15, 0.2) is 0 Å². The normalized spacial score (nSPS) is 18.9. The second kappa shape index (κ2) is 10.3. The third kappa shape index (κ3) is 5.98. The molecule has 31 heavy (non-hydrogen) atoms. The quantitative estimate of drug-likeness (QED) is 0.479. The highest BCUT2D eigenvalue weighted by Crippen LogP contribution is 2.24. The zero-order chi connectivity index (χ0) is 22.4. The lowest BCUT2D eigenvalue weighted by molar-refractivity contribution is -0.118. The van der Waals surface area contributed by atoms with Gasteiger partial charge in [0, 0.05) is 6.04 Å². The van der Waals surface area contributed by atoms with Gasteiger partial charge in [-0.25, -0.2) is 0 Å². The lowest BCUT2D eigenvalue weighted by Crippen LogP contribution is -2.41. The third-order valence-electron chi connectivity index (χ3n) is 6.21. The minimum Gasteiger partial charge on any atom is -0.489 e. The molecule has 4 nitrogen and oxygen atoms in total. The molecular weight excluding hydrogens is 384 g/mol. The van der Waals surface area contributed by atoms with Crippen LogP contribution in [0, 0.1) is 38.0 Å². The zero-order valence-electron chi connectivity index (χ0n) is 19.0. The van der Waals surface area contributed by atoms with Crippen molar-refractivity contribution in [3.63, 3.8) is 0 Å². The largest absolute Gasteiger partial charge is 0.489 e. The average Bonchev–Trinajstić information content (AvgIpc) is 2.73. The minimum absolute atomic E-state index is 0.136. The molecule has 2 aromatic rings. The van der Waals surface area contributed by atoms with Crippen LogP contribution < -0.4 is 10.1 Å². The Bertz CT molecular complexity index is 976. The SMILES string of the molecule is Cc1cc(C)c(COc2ccc(/C=C(\C#N)C(=O)N[C@H]3CCCC[C@H]3C)cc2)c(C)c1. The number of hydrogen-bond donors (Lipinski definition) is 1. The van der Waals surface area contributed by atoms with Gasteiger partial charge in [-0.15, -0.1) is 0 Å². The van der Waals surface area contributed by atoms with Crippen molar-refractivity contribution in [1.29, 1.82) is 5.26 Å². The molecule has 1 saturated carbocycles. The summed E-state index contributed by atoms with van der Waals surface area (Å²) in [6.45, 7) is 8.99. The first-order valence-corrected chi connectivity index (χ1v) is 11.1. The average molecular weight is 417 g/mol. The summed E-state index contributed by atoms with van der Waals surface area (Å²) in [5.74, 6) is 0.928.